The second kappa shape index (κ2) is 7.33. The van der Waals surface area contributed by atoms with Gasteiger partial charge in [-0.25, -0.2) is 9.59 Å². The highest BCUT2D eigenvalue weighted by Crippen LogP contribution is 2.30. The number of hydrogen-bond acceptors (Lipinski definition) is 6. The molecule has 3 heterocycles. The van der Waals surface area contributed by atoms with Crippen LogP contribution in [0.5, 0.6) is 0 Å². The zero-order valence-electron chi connectivity index (χ0n) is 16.6. The largest absolute Gasteiger partial charge is 0.465 e. The van der Waals surface area contributed by atoms with Gasteiger partial charge in [-0.2, -0.15) is 4.98 Å². The normalized spacial score (nSPS) is 22.8. The molecule has 28 heavy (non-hydrogen) atoms. The molecule has 1 aromatic heterocycles. The monoisotopic (exact) mass is 386 g/mol. The van der Waals surface area contributed by atoms with E-state index < -0.39 is 5.97 Å². The first-order valence-electron chi connectivity index (χ1n) is 9.79. The number of benzene rings is 1. The van der Waals surface area contributed by atoms with Crippen LogP contribution >= 0.6 is 0 Å². The predicted octanol–water partition coefficient (Wildman–Crippen LogP) is 2.73. The number of ether oxygens (including phenoxy) is 1. The van der Waals surface area contributed by atoms with Crippen LogP contribution < -0.4 is 4.90 Å². The van der Waals surface area contributed by atoms with Gasteiger partial charge in [-0.15, -0.1) is 0 Å². The number of rotatable bonds is 2. The van der Waals surface area contributed by atoms with Crippen LogP contribution in [0, 0.1) is 0 Å². The highest BCUT2D eigenvalue weighted by molar-refractivity contribution is 6.01. The Morgan fingerprint density at radius 3 is 2.43 bits per heavy atom. The number of methoxy groups -OCH3 is 1. The first-order chi connectivity index (χ1) is 13.5. The number of fused-ring (bicyclic) bond motifs is 1. The first kappa shape index (κ1) is 18.6. The van der Waals surface area contributed by atoms with E-state index in [2.05, 4.69) is 23.7 Å². The van der Waals surface area contributed by atoms with E-state index in [1.165, 1.54) is 7.11 Å². The summed E-state index contributed by atoms with van der Waals surface area (Å²) in [6.07, 6.45) is 2.17. The third-order valence-electron chi connectivity index (χ3n) is 5.60. The van der Waals surface area contributed by atoms with Crippen molar-refractivity contribution in [3.05, 3.63) is 23.8 Å². The van der Waals surface area contributed by atoms with Crippen molar-refractivity contribution < 1.29 is 18.7 Å². The lowest BCUT2D eigenvalue weighted by molar-refractivity contribution is 0.0602. The van der Waals surface area contributed by atoms with Crippen molar-refractivity contribution in [3.63, 3.8) is 0 Å². The fraction of sp³-hybridized carbons (Fsp3) is 0.550. The van der Waals surface area contributed by atoms with Crippen molar-refractivity contribution in [2.45, 2.75) is 38.8 Å². The number of aromatic nitrogens is 1. The molecule has 0 unspecified atom stereocenters. The Bertz CT molecular complexity index is 877. The minimum atomic E-state index is -0.437. The van der Waals surface area contributed by atoms with E-state index in [4.69, 9.17) is 9.15 Å². The lowest BCUT2D eigenvalue weighted by Gasteiger charge is -2.44. The molecule has 2 aliphatic heterocycles. The van der Waals surface area contributed by atoms with Crippen molar-refractivity contribution in [3.8, 4) is 0 Å². The Balaban J connectivity index is 1.58. The van der Waals surface area contributed by atoms with Gasteiger partial charge in [0.25, 0.3) is 6.01 Å². The third-order valence-corrected chi connectivity index (χ3v) is 5.60. The zero-order chi connectivity index (χ0) is 19.8. The Kier molecular flexibility index (Phi) is 4.87. The minimum Gasteiger partial charge on any atom is -0.465 e. The van der Waals surface area contributed by atoms with E-state index in [1.807, 2.05) is 9.80 Å². The van der Waals surface area contributed by atoms with Crippen LogP contribution in [0.3, 0.4) is 0 Å². The van der Waals surface area contributed by atoms with Crippen LogP contribution in [0.1, 0.15) is 37.0 Å². The standard InChI is InChI=1S/C20H26N4O4/c1-13-11-23(20(26)22-9-4-5-10-22)12-14(2)24(13)19-21-17-15(18(25)27-3)7-6-8-16(17)28-19/h6-8,13-14H,4-5,9-12H2,1-3H3/t13-,14-/m0/s1. The number of carbonyl (C=O) groups is 2. The molecule has 4 rings (SSSR count). The van der Waals surface area contributed by atoms with Crippen LogP contribution in [0.15, 0.2) is 22.6 Å². The maximum absolute atomic E-state index is 12.8. The topological polar surface area (TPSA) is 79.1 Å². The molecule has 2 aromatic rings. The van der Waals surface area contributed by atoms with Gasteiger partial charge in [-0.1, -0.05) is 6.07 Å². The molecule has 8 heteroatoms. The van der Waals surface area contributed by atoms with Crippen LogP contribution in [0.4, 0.5) is 10.8 Å². The summed E-state index contributed by atoms with van der Waals surface area (Å²) in [6, 6.07) is 5.92. The third kappa shape index (κ3) is 3.16. The van der Waals surface area contributed by atoms with Crippen LogP contribution in [0.2, 0.25) is 0 Å². The molecular formula is C20H26N4O4. The Hall–Kier alpha value is -2.77. The molecule has 0 bridgehead atoms. The molecule has 0 radical (unpaired) electrons. The molecule has 0 spiro atoms. The summed E-state index contributed by atoms with van der Waals surface area (Å²) in [4.78, 5) is 35.4. The second-order valence-electron chi connectivity index (χ2n) is 7.63. The number of nitrogens with zero attached hydrogens (tertiary/aromatic N) is 4. The van der Waals surface area contributed by atoms with E-state index >= 15 is 0 Å². The highest BCUT2D eigenvalue weighted by atomic mass is 16.5. The van der Waals surface area contributed by atoms with Gasteiger partial charge < -0.3 is 23.9 Å². The average molecular weight is 386 g/mol. The summed E-state index contributed by atoms with van der Waals surface area (Å²) < 4.78 is 10.8. The number of amides is 2. The van der Waals surface area contributed by atoms with Crippen LogP contribution in [-0.4, -0.2) is 72.2 Å². The highest BCUT2D eigenvalue weighted by Gasteiger charge is 2.36. The van der Waals surface area contributed by atoms with E-state index in [-0.39, 0.29) is 18.1 Å². The maximum atomic E-state index is 12.8. The molecule has 150 valence electrons. The van der Waals surface area contributed by atoms with Gasteiger partial charge in [-0.3, -0.25) is 0 Å². The van der Waals surface area contributed by atoms with E-state index in [1.54, 1.807) is 18.2 Å². The molecule has 8 nitrogen and oxygen atoms in total. The molecular weight excluding hydrogens is 360 g/mol. The lowest BCUT2D eigenvalue weighted by atomic mass is 10.1. The maximum Gasteiger partial charge on any atom is 0.340 e. The van der Waals surface area contributed by atoms with E-state index in [0.717, 1.165) is 25.9 Å². The molecule has 2 saturated heterocycles. The van der Waals surface area contributed by atoms with Gasteiger partial charge >= 0.3 is 12.0 Å². The van der Waals surface area contributed by atoms with Crippen molar-refractivity contribution in [1.82, 2.24) is 14.8 Å². The van der Waals surface area contributed by atoms with E-state index in [0.29, 0.717) is 35.8 Å². The number of carbonyl (C=O) groups excluding carboxylic acids is 2. The zero-order valence-corrected chi connectivity index (χ0v) is 16.6. The number of urea groups is 1. The van der Waals surface area contributed by atoms with Gasteiger partial charge in [-0.05, 0) is 38.8 Å². The Morgan fingerprint density at radius 1 is 1.11 bits per heavy atom. The fourth-order valence-electron chi connectivity index (χ4n) is 4.29. The molecule has 2 aliphatic rings. The van der Waals surface area contributed by atoms with Crippen molar-refractivity contribution in [2.24, 2.45) is 0 Å². The smallest absolute Gasteiger partial charge is 0.340 e. The van der Waals surface area contributed by atoms with Gasteiger partial charge in [0.05, 0.1) is 12.7 Å². The number of esters is 1. The van der Waals surface area contributed by atoms with Crippen LogP contribution in [0.25, 0.3) is 11.1 Å². The summed E-state index contributed by atoms with van der Waals surface area (Å²) in [5, 5.41) is 0. The SMILES string of the molecule is COC(=O)c1cccc2oc(N3[C@@H](C)CN(C(=O)N4CCCC4)C[C@@H]3C)nc12. The molecule has 0 saturated carbocycles. The van der Waals surface area contributed by atoms with E-state index in [9.17, 15) is 9.59 Å². The Labute approximate surface area is 164 Å². The molecule has 2 atom stereocenters. The van der Waals surface area contributed by atoms with Gasteiger partial charge in [0.15, 0.2) is 5.58 Å². The molecule has 0 N–H and O–H groups in total. The van der Waals surface area contributed by atoms with Gasteiger partial charge in [0.1, 0.15) is 5.52 Å². The fourth-order valence-corrected chi connectivity index (χ4v) is 4.29. The number of para-hydroxylation sites is 1. The summed E-state index contributed by atoms with van der Waals surface area (Å²) >= 11 is 0. The van der Waals surface area contributed by atoms with Crippen molar-refractivity contribution in [1.29, 1.82) is 0 Å². The molecule has 1 aromatic carbocycles. The summed E-state index contributed by atoms with van der Waals surface area (Å²) in [5.74, 6) is -0.437. The molecule has 2 amide bonds. The number of anilines is 1. The summed E-state index contributed by atoms with van der Waals surface area (Å²) in [5.41, 5.74) is 1.44. The van der Waals surface area contributed by atoms with Gasteiger partial charge in [0, 0.05) is 38.3 Å². The van der Waals surface area contributed by atoms with Gasteiger partial charge in [0.2, 0.25) is 0 Å². The minimum absolute atomic E-state index is 0.0462. The average Bonchev–Trinajstić information content (AvgIpc) is 3.35. The lowest BCUT2D eigenvalue weighted by Crippen LogP contribution is -2.60. The number of oxazole rings is 1. The summed E-state index contributed by atoms with van der Waals surface area (Å²) in [6.45, 7) is 7.06. The number of likely N-dealkylation sites (tertiary alicyclic amines) is 1. The quantitative estimate of drug-likeness (QED) is 0.739. The van der Waals surface area contributed by atoms with Crippen LogP contribution in [-0.2, 0) is 4.74 Å². The summed E-state index contributed by atoms with van der Waals surface area (Å²) in [7, 11) is 1.35. The number of hydrogen-bond donors (Lipinski definition) is 0. The van der Waals surface area contributed by atoms with Crippen molar-refractivity contribution in [2.75, 3.05) is 38.2 Å². The Morgan fingerprint density at radius 2 is 1.79 bits per heavy atom. The second-order valence-corrected chi connectivity index (χ2v) is 7.63. The van der Waals surface area contributed by atoms with Crippen molar-refractivity contribution >= 4 is 29.1 Å². The predicted molar refractivity (Wildman–Crippen MR) is 105 cm³/mol. The number of piperazine rings is 1. The molecule has 0 aliphatic carbocycles. The first-order valence-corrected chi connectivity index (χ1v) is 9.79. The molecule has 2 fully saturated rings.